The normalized spacial score (nSPS) is 10.2. The van der Waals surface area contributed by atoms with Crippen LogP contribution in [0.15, 0.2) is 36.7 Å². The first-order valence-corrected chi connectivity index (χ1v) is 5.77. The Kier molecular flexibility index (Phi) is 4.15. The van der Waals surface area contributed by atoms with Crippen LogP contribution in [0.4, 0.5) is 5.69 Å². The maximum Gasteiger partial charge on any atom is 0.244 e. The number of amides is 1. The van der Waals surface area contributed by atoms with Crippen LogP contribution in [0.5, 0.6) is 5.75 Å². The number of methoxy groups -OCH3 is 1. The molecule has 100 valence electrons. The maximum absolute atomic E-state index is 11.9. The molecule has 0 aliphatic rings. The fourth-order valence-corrected chi connectivity index (χ4v) is 1.69. The third-order valence-electron chi connectivity index (χ3n) is 2.61. The van der Waals surface area contributed by atoms with Crippen LogP contribution in [0.3, 0.4) is 0 Å². The number of carbonyl (C=O) groups is 1. The van der Waals surface area contributed by atoms with Gasteiger partial charge in [-0.05, 0) is 12.1 Å². The standard InChI is InChI=1S/C13H15N3O3/c1-19-11-4-2-3-10(7-11)15-13(18)8-16-6-5-14-12(16)9-17/h2-7,17H,8-9H2,1H3,(H,15,18). The van der Waals surface area contributed by atoms with E-state index in [1.165, 1.54) is 0 Å². The molecule has 0 unspecified atom stereocenters. The lowest BCUT2D eigenvalue weighted by atomic mass is 10.3. The van der Waals surface area contributed by atoms with E-state index in [1.807, 2.05) is 0 Å². The van der Waals surface area contributed by atoms with E-state index in [1.54, 1.807) is 48.3 Å². The Morgan fingerprint density at radius 2 is 2.37 bits per heavy atom. The van der Waals surface area contributed by atoms with E-state index in [4.69, 9.17) is 9.84 Å². The molecule has 1 aromatic carbocycles. The van der Waals surface area contributed by atoms with E-state index in [0.29, 0.717) is 17.3 Å². The molecule has 0 saturated carbocycles. The fourth-order valence-electron chi connectivity index (χ4n) is 1.69. The number of benzene rings is 1. The van der Waals surface area contributed by atoms with Gasteiger partial charge in [-0.2, -0.15) is 0 Å². The van der Waals surface area contributed by atoms with Crippen molar-refractivity contribution in [1.29, 1.82) is 0 Å². The summed E-state index contributed by atoms with van der Waals surface area (Å²) < 4.78 is 6.67. The highest BCUT2D eigenvalue weighted by molar-refractivity contribution is 5.90. The number of imidazole rings is 1. The molecular weight excluding hydrogens is 246 g/mol. The molecule has 19 heavy (non-hydrogen) atoms. The monoisotopic (exact) mass is 261 g/mol. The lowest BCUT2D eigenvalue weighted by Gasteiger charge is -2.08. The van der Waals surface area contributed by atoms with Gasteiger partial charge in [-0.3, -0.25) is 4.79 Å². The highest BCUT2D eigenvalue weighted by Crippen LogP contribution is 2.16. The Balaban J connectivity index is 2.01. The number of anilines is 1. The van der Waals surface area contributed by atoms with Crippen molar-refractivity contribution in [1.82, 2.24) is 9.55 Å². The molecule has 1 heterocycles. The van der Waals surface area contributed by atoms with E-state index in [9.17, 15) is 4.79 Å². The molecule has 6 heteroatoms. The number of nitrogens with zero attached hydrogens (tertiary/aromatic N) is 2. The third kappa shape index (κ3) is 3.32. The molecule has 0 fully saturated rings. The summed E-state index contributed by atoms with van der Waals surface area (Å²) in [5.41, 5.74) is 0.662. The van der Waals surface area contributed by atoms with Crippen molar-refractivity contribution in [3.63, 3.8) is 0 Å². The molecule has 0 radical (unpaired) electrons. The van der Waals surface area contributed by atoms with Gasteiger partial charge in [0.05, 0.1) is 7.11 Å². The molecule has 0 saturated heterocycles. The molecule has 0 aliphatic heterocycles. The van der Waals surface area contributed by atoms with Crippen molar-refractivity contribution in [3.05, 3.63) is 42.5 Å². The van der Waals surface area contributed by atoms with Gasteiger partial charge in [-0.15, -0.1) is 0 Å². The topological polar surface area (TPSA) is 76.4 Å². The van der Waals surface area contributed by atoms with Gasteiger partial charge in [-0.1, -0.05) is 6.07 Å². The quantitative estimate of drug-likeness (QED) is 0.842. The summed E-state index contributed by atoms with van der Waals surface area (Å²) in [4.78, 5) is 15.8. The molecule has 0 spiro atoms. The van der Waals surface area contributed by atoms with Crippen LogP contribution in [0.2, 0.25) is 0 Å². The van der Waals surface area contributed by atoms with Crippen LogP contribution < -0.4 is 10.1 Å². The summed E-state index contributed by atoms with van der Waals surface area (Å²) in [5.74, 6) is 0.943. The van der Waals surface area contributed by atoms with Gasteiger partial charge in [0, 0.05) is 24.1 Å². The number of nitrogens with one attached hydrogen (secondary N) is 1. The minimum atomic E-state index is -0.195. The van der Waals surface area contributed by atoms with Crippen LogP contribution in [0.1, 0.15) is 5.82 Å². The predicted octanol–water partition coefficient (Wildman–Crippen LogP) is 1.02. The largest absolute Gasteiger partial charge is 0.497 e. The van der Waals surface area contributed by atoms with Crippen molar-refractivity contribution in [3.8, 4) is 5.75 Å². The number of hydrogen-bond acceptors (Lipinski definition) is 4. The van der Waals surface area contributed by atoms with Gasteiger partial charge < -0.3 is 19.7 Å². The average molecular weight is 261 g/mol. The van der Waals surface area contributed by atoms with Crippen LogP contribution >= 0.6 is 0 Å². The highest BCUT2D eigenvalue weighted by atomic mass is 16.5. The Labute approximate surface area is 110 Å². The van der Waals surface area contributed by atoms with E-state index in [-0.39, 0.29) is 19.1 Å². The van der Waals surface area contributed by atoms with Crippen LogP contribution in [0, 0.1) is 0 Å². The zero-order chi connectivity index (χ0) is 13.7. The van der Waals surface area contributed by atoms with Gasteiger partial charge in [0.25, 0.3) is 0 Å². The molecule has 2 aromatic rings. The lowest BCUT2D eigenvalue weighted by Crippen LogP contribution is -2.19. The Bertz CT molecular complexity index is 566. The summed E-state index contributed by atoms with van der Waals surface area (Å²) in [6.07, 6.45) is 3.20. The first kappa shape index (κ1) is 13.1. The van der Waals surface area contributed by atoms with E-state index >= 15 is 0 Å². The van der Waals surface area contributed by atoms with Gasteiger partial charge >= 0.3 is 0 Å². The Morgan fingerprint density at radius 1 is 1.53 bits per heavy atom. The minimum absolute atomic E-state index is 0.104. The summed E-state index contributed by atoms with van der Waals surface area (Å²) in [7, 11) is 1.57. The summed E-state index contributed by atoms with van der Waals surface area (Å²) >= 11 is 0. The smallest absolute Gasteiger partial charge is 0.244 e. The Morgan fingerprint density at radius 3 is 3.11 bits per heavy atom. The van der Waals surface area contributed by atoms with Gasteiger partial charge in [0.2, 0.25) is 5.91 Å². The molecule has 6 nitrogen and oxygen atoms in total. The van der Waals surface area contributed by atoms with E-state index in [2.05, 4.69) is 10.3 Å². The number of hydrogen-bond donors (Lipinski definition) is 2. The Hall–Kier alpha value is -2.34. The average Bonchev–Trinajstić information content (AvgIpc) is 2.86. The molecular formula is C13H15N3O3. The molecule has 2 N–H and O–H groups in total. The molecule has 0 aliphatic carbocycles. The molecule has 0 bridgehead atoms. The minimum Gasteiger partial charge on any atom is -0.497 e. The number of carbonyl (C=O) groups excluding carboxylic acids is 1. The van der Waals surface area contributed by atoms with Crippen molar-refractivity contribution < 1.29 is 14.6 Å². The van der Waals surface area contributed by atoms with Crippen molar-refractivity contribution >= 4 is 11.6 Å². The van der Waals surface area contributed by atoms with Crippen molar-refractivity contribution in [2.45, 2.75) is 13.2 Å². The second kappa shape index (κ2) is 6.01. The number of ether oxygens (including phenoxy) is 1. The first-order valence-electron chi connectivity index (χ1n) is 5.77. The van der Waals surface area contributed by atoms with Gasteiger partial charge in [0.1, 0.15) is 24.7 Å². The zero-order valence-electron chi connectivity index (χ0n) is 10.5. The SMILES string of the molecule is COc1cccc(NC(=O)Cn2ccnc2CO)c1. The molecule has 0 atom stereocenters. The van der Waals surface area contributed by atoms with E-state index < -0.39 is 0 Å². The van der Waals surface area contributed by atoms with Crippen molar-refractivity contribution in [2.75, 3.05) is 12.4 Å². The number of rotatable bonds is 5. The molecule has 2 rings (SSSR count). The molecule has 1 amide bonds. The van der Waals surface area contributed by atoms with E-state index in [0.717, 1.165) is 0 Å². The molecule has 1 aromatic heterocycles. The van der Waals surface area contributed by atoms with Crippen LogP contribution in [0.25, 0.3) is 0 Å². The van der Waals surface area contributed by atoms with Crippen molar-refractivity contribution in [2.24, 2.45) is 0 Å². The number of aliphatic hydroxyl groups is 1. The second-order valence-electron chi connectivity index (χ2n) is 3.91. The highest BCUT2D eigenvalue weighted by Gasteiger charge is 2.07. The van der Waals surface area contributed by atoms with Gasteiger partial charge in [-0.25, -0.2) is 4.98 Å². The predicted molar refractivity (Wildman–Crippen MR) is 69.8 cm³/mol. The lowest BCUT2D eigenvalue weighted by molar-refractivity contribution is -0.116. The van der Waals surface area contributed by atoms with Crippen LogP contribution in [-0.2, 0) is 17.9 Å². The van der Waals surface area contributed by atoms with Crippen LogP contribution in [-0.4, -0.2) is 27.7 Å². The first-order chi connectivity index (χ1) is 9.22. The maximum atomic E-state index is 11.9. The van der Waals surface area contributed by atoms with Gasteiger partial charge in [0.15, 0.2) is 0 Å². The zero-order valence-corrected chi connectivity index (χ0v) is 10.5. The number of aliphatic hydroxyl groups excluding tert-OH is 1. The summed E-state index contributed by atoms with van der Waals surface area (Å²) in [6.45, 7) is -0.0907. The third-order valence-corrected chi connectivity index (χ3v) is 2.61. The fraction of sp³-hybridized carbons (Fsp3) is 0.231. The summed E-state index contributed by atoms with van der Waals surface area (Å²) in [6, 6.07) is 7.11. The number of aromatic nitrogens is 2. The summed E-state index contributed by atoms with van der Waals surface area (Å²) in [5, 5.41) is 11.8. The second-order valence-corrected chi connectivity index (χ2v) is 3.91.